The normalized spacial score (nSPS) is 13.9. The fourth-order valence-corrected chi connectivity index (χ4v) is 1.46. The molecule has 0 bridgehead atoms. The van der Waals surface area contributed by atoms with Crippen LogP contribution >= 0.6 is 0 Å². The summed E-state index contributed by atoms with van der Waals surface area (Å²) in [6.45, 7) is 4.00. The van der Waals surface area contributed by atoms with Crippen LogP contribution in [0, 0.1) is 11.6 Å². The highest BCUT2D eigenvalue weighted by atomic mass is 19.2. The molecule has 0 aliphatic carbocycles. The first-order valence-corrected chi connectivity index (χ1v) is 5.07. The molecule has 0 spiro atoms. The number of alkyl halides is 1. The molecule has 0 fully saturated rings. The Morgan fingerprint density at radius 1 is 1.31 bits per heavy atom. The minimum absolute atomic E-state index is 0.00396. The van der Waals surface area contributed by atoms with Gasteiger partial charge in [0.15, 0.2) is 11.6 Å². The molecule has 1 aromatic carbocycles. The van der Waals surface area contributed by atoms with Gasteiger partial charge in [0.1, 0.15) is 5.67 Å². The average Bonchev–Trinajstić information content (AvgIpc) is 2.10. The second-order valence-corrected chi connectivity index (χ2v) is 4.46. The van der Waals surface area contributed by atoms with E-state index in [9.17, 15) is 13.2 Å². The van der Waals surface area contributed by atoms with Gasteiger partial charge in [-0.05, 0) is 44.0 Å². The van der Waals surface area contributed by atoms with Gasteiger partial charge in [0.05, 0.1) is 6.10 Å². The van der Waals surface area contributed by atoms with E-state index in [1.54, 1.807) is 0 Å². The van der Waals surface area contributed by atoms with Crippen LogP contribution < -0.4 is 0 Å². The highest BCUT2D eigenvalue weighted by Crippen LogP contribution is 2.28. The molecule has 0 saturated heterocycles. The number of aliphatic hydroxyl groups is 1. The molecule has 1 atom stereocenters. The highest BCUT2D eigenvalue weighted by Gasteiger charge is 2.23. The standard InChI is InChI=1S/C12H15F3O/c1-7(16)4-8-5-9(12(2,3)15)6-10(13)11(8)14/h5-7,16H,4H2,1-3H3. The Labute approximate surface area is 92.9 Å². The van der Waals surface area contributed by atoms with E-state index in [0.717, 1.165) is 6.07 Å². The van der Waals surface area contributed by atoms with Crippen LogP contribution in [0.4, 0.5) is 13.2 Å². The first-order valence-electron chi connectivity index (χ1n) is 5.07. The van der Waals surface area contributed by atoms with Crippen molar-refractivity contribution < 1.29 is 18.3 Å². The number of aliphatic hydroxyl groups excluding tert-OH is 1. The van der Waals surface area contributed by atoms with Crippen molar-refractivity contribution in [1.82, 2.24) is 0 Å². The van der Waals surface area contributed by atoms with Crippen molar-refractivity contribution in [3.8, 4) is 0 Å². The molecule has 16 heavy (non-hydrogen) atoms. The predicted molar refractivity (Wildman–Crippen MR) is 55.9 cm³/mol. The minimum atomic E-state index is -1.73. The molecular formula is C12H15F3O. The van der Waals surface area contributed by atoms with Crippen molar-refractivity contribution in [1.29, 1.82) is 0 Å². The monoisotopic (exact) mass is 232 g/mol. The van der Waals surface area contributed by atoms with Crippen molar-refractivity contribution in [2.75, 3.05) is 0 Å². The van der Waals surface area contributed by atoms with Gasteiger partial charge in [-0.25, -0.2) is 13.2 Å². The van der Waals surface area contributed by atoms with Crippen molar-refractivity contribution in [3.05, 3.63) is 34.9 Å². The summed E-state index contributed by atoms with van der Waals surface area (Å²) in [5, 5.41) is 9.13. The van der Waals surface area contributed by atoms with Gasteiger partial charge in [-0.1, -0.05) is 0 Å². The van der Waals surface area contributed by atoms with E-state index in [-0.39, 0.29) is 17.5 Å². The van der Waals surface area contributed by atoms with E-state index in [4.69, 9.17) is 5.11 Å². The molecule has 1 N–H and O–H groups in total. The van der Waals surface area contributed by atoms with Crippen molar-refractivity contribution >= 4 is 0 Å². The van der Waals surface area contributed by atoms with Crippen molar-refractivity contribution in [2.24, 2.45) is 0 Å². The van der Waals surface area contributed by atoms with Crippen LogP contribution in [0.5, 0.6) is 0 Å². The van der Waals surface area contributed by atoms with E-state index < -0.39 is 23.4 Å². The molecule has 0 radical (unpaired) electrons. The molecule has 0 amide bonds. The molecule has 1 rings (SSSR count). The van der Waals surface area contributed by atoms with Gasteiger partial charge in [0.2, 0.25) is 0 Å². The van der Waals surface area contributed by atoms with Gasteiger partial charge in [0.25, 0.3) is 0 Å². The summed E-state index contributed by atoms with van der Waals surface area (Å²) in [6, 6.07) is 2.10. The van der Waals surface area contributed by atoms with Gasteiger partial charge < -0.3 is 5.11 Å². The lowest BCUT2D eigenvalue weighted by atomic mass is 9.95. The lowest BCUT2D eigenvalue weighted by Gasteiger charge is -2.17. The highest BCUT2D eigenvalue weighted by molar-refractivity contribution is 5.30. The van der Waals surface area contributed by atoms with Crippen LogP contribution in [0.2, 0.25) is 0 Å². The van der Waals surface area contributed by atoms with E-state index >= 15 is 0 Å². The number of benzene rings is 1. The fraction of sp³-hybridized carbons (Fsp3) is 0.500. The summed E-state index contributed by atoms with van der Waals surface area (Å²) in [4.78, 5) is 0. The zero-order valence-electron chi connectivity index (χ0n) is 9.52. The molecule has 0 aliphatic rings. The summed E-state index contributed by atoms with van der Waals surface area (Å²) in [5.41, 5.74) is -1.67. The molecule has 1 nitrogen and oxygen atoms in total. The molecule has 0 heterocycles. The summed E-state index contributed by atoms with van der Waals surface area (Å²) >= 11 is 0. The molecule has 4 heteroatoms. The Bertz CT molecular complexity index is 381. The molecule has 1 unspecified atom stereocenters. The van der Waals surface area contributed by atoms with Gasteiger partial charge >= 0.3 is 0 Å². The topological polar surface area (TPSA) is 20.2 Å². The van der Waals surface area contributed by atoms with Crippen LogP contribution in [0.25, 0.3) is 0 Å². The first-order chi connectivity index (χ1) is 7.21. The van der Waals surface area contributed by atoms with Crippen LogP contribution in [-0.4, -0.2) is 11.2 Å². The van der Waals surface area contributed by atoms with Gasteiger partial charge in [0, 0.05) is 6.42 Å². The van der Waals surface area contributed by atoms with Gasteiger partial charge in [-0.3, -0.25) is 0 Å². The van der Waals surface area contributed by atoms with Crippen molar-refractivity contribution in [3.63, 3.8) is 0 Å². The van der Waals surface area contributed by atoms with Crippen molar-refractivity contribution in [2.45, 2.75) is 39.0 Å². The maximum absolute atomic E-state index is 13.6. The van der Waals surface area contributed by atoms with Crippen LogP contribution in [-0.2, 0) is 12.1 Å². The minimum Gasteiger partial charge on any atom is -0.393 e. The maximum atomic E-state index is 13.6. The third kappa shape index (κ3) is 2.98. The zero-order valence-corrected chi connectivity index (χ0v) is 9.52. The lowest BCUT2D eigenvalue weighted by Crippen LogP contribution is -2.13. The SMILES string of the molecule is CC(O)Cc1cc(C(C)(C)F)cc(F)c1F. The Hall–Kier alpha value is -1.03. The molecule has 0 aliphatic heterocycles. The van der Waals surface area contributed by atoms with E-state index in [1.807, 2.05) is 0 Å². The second kappa shape index (κ2) is 4.45. The summed E-state index contributed by atoms with van der Waals surface area (Å²) in [6.07, 6.45) is -0.834. The van der Waals surface area contributed by atoms with Crippen LogP contribution in [0.3, 0.4) is 0 Å². The predicted octanol–water partition coefficient (Wildman–Crippen LogP) is 3.09. The summed E-state index contributed by atoms with van der Waals surface area (Å²) in [7, 11) is 0. The number of hydrogen-bond donors (Lipinski definition) is 1. The second-order valence-electron chi connectivity index (χ2n) is 4.46. The first kappa shape index (κ1) is 13.0. The lowest BCUT2D eigenvalue weighted by molar-refractivity contribution is 0.192. The molecular weight excluding hydrogens is 217 g/mol. The Morgan fingerprint density at radius 3 is 2.31 bits per heavy atom. The third-order valence-electron chi connectivity index (χ3n) is 2.31. The van der Waals surface area contributed by atoms with E-state index in [1.165, 1.54) is 26.8 Å². The van der Waals surface area contributed by atoms with E-state index in [0.29, 0.717) is 0 Å². The third-order valence-corrected chi connectivity index (χ3v) is 2.31. The molecule has 1 aromatic rings. The number of hydrogen-bond acceptors (Lipinski definition) is 1. The zero-order chi connectivity index (χ0) is 12.5. The van der Waals surface area contributed by atoms with Gasteiger partial charge in [-0.2, -0.15) is 0 Å². The molecule has 0 aromatic heterocycles. The fourth-order valence-electron chi connectivity index (χ4n) is 1.46. The number of halogens is 3. The summed E-state index contributed by atoms with van der Waals surface area (Å²) in [5.74, 6) is -2.10. The van der Waals surface area contributed by atoms with Gasteiger partial charge in [-0.15, -0.1) is 0 Å². The number of rotatable bonds is 3. The Balaban J connectivity index is 3.22. The Morgan fingerprint density at radius 2 is 1.88 bits per heavy atom. The quantitative estimate of drug-likeness (QED) is 0.849. The summed E-state index contributed by atoms with van der Waals surface area (Å²) < 4.78 is 40.1. The Kier molecular flexibility index (Phi) is 3.63. The maximum Gasteiger partial charge on any atom is 0.162 e. The molecule has 0 saturated carbocycles. The van der Waals surface area contributed by atoms with Crippen LogP contribution in [0.1, 0.15) is 31.9 Å². The largest absolute Gasteiger partial charge is 0.393 e. The van der Waals surface area contributed by atoms with E-state index in [2.05, 4.69) is 0 Å². The molecule has 90 valence electrons. The smallest absolute Gasteiger partial charge is 0.162 e. The van der Waals surface area contributed by atoms with Crippen LogP contribution in [0.15, 0.2) is 12.1 Å². The average molecular weight is 232 g/mol.